The lowest BCUT2D eigenvalue weighted by molar-refractivity contribution is -0.122. The third kappa shape index (κ3) is 3.92. The number of carbonyl (C=O) groups is 1. The molecule has 1 aliphatic rings. The largest absolute Gasteiger partial charge is 0.349 e. The molecule has 1 fully saturated rings. The number of aromatic amines is 1. The van der Waals surface area contributed by atoms with Crippen LogP contribution in [0.4, 0.5) is 0 Å². The van der Waals surface area contributed by atoms with Crippen molar-refractivity contribution in [2.75, 3.05) is 0 Å². The average Bonchev–Trinajstić information content (AvgIpc) is 3.12. The first-order valence-corrected chi connectivity index (χ1v) is 9.50. The lowest BCUT2D eigenvalue weighted by Gasteiger charge is -2.20. The summed E-state index contributed by atoms with van der Waals surface area (Å²) in [7, 11) is 0. The van der Waals surface area contributed by atoms with E-state index in [0.717, 1.165) is 18.5 Å². The van der Waals surface area contributed by atoms with Gasteiger partial charge in [-0.05, 0) is 30.9 Å². The summed E-state index contributed by atoms with van der Waals surface area (Å²) in [6.45, 7) is 0.205. The van der Waals surface area contributed by atoms with E-state index < -0.39 is 0 Å². The highest BCUT2D eigenvalue weighted by molar-refractivity contribution is 5.77. The highest BCUT2D eigenvalue weighted by atomic mass is 16.1. The van der Waals surface area contributed by atoms with Crippen LogP contribution in [-0.4, -0.2) is 25.7 Å². The van der Waals surface area contributed by atoms with Gasteiger partial charge in [-0.15, -0.1) is 0 Å². The van der Waals surface area contributed by atoms with E-state index in [1.807, 2.05) is 30.3 Å². The molecule has 0 aliphatic heterocycles. The summed E-state index contributed by atoms with van der Waals surface area (Å²) in [5.74, 6) is 0.927. The Kier molecular flexibility index (Phi) is 5.00. The Morgan fingerprint density at radius 1 is 1.19 bits per heavy atom. The Morgan fingerprint density at radius 2 is 1.96 bits per heavy atom. The maximum absolute atomic E-state index is 12.3. The maximum atomic E-state index is 12.3. The number of H-pyrrole nitrogens is 1. The number of carbonyl (C=O) groups excluding carboxylic acids is 1. The first-order chi connectivity index (χ1) is 13.2. The molecule has 27 heavy (non-hydrogen) atoms. The second-order valence-corrected chi connectivity index (χ2v) is 7.13. The van der Waals surface area contributed by atoms with Gasteiger partial charge in [-0.3, -0.25) is 9.59 Å². The molecule has 7 heteroatoms. The number of aromatic nitrogens is 4. The zero-order valence-electron chi connectivity index (χ0n) is 15.1. The average molecular weight is 365 g/mol. The van der Waals surface area contributed by atoms with Gasteiger partial charge in [-0.2, -0.15) is 5.10 Å². The number of amides is 1. The van der Waals surface area contributed by atoms with Crippen molar-refractivity contribution in [1.82, 2.24) is 25.1 Å². The zero-order chi connectivity index (χ0) is 18.6. The van der Waals surface area contributed by atoms with Crippen LogP contribution in [0.1, 0.15) is 44.3 Å². The van der Waals surface area contributed by atoms with Gasteiger partial charge in [0.25, 0.3) is 5.56 Å². The van der Waals surface area contributed by atoms with E-state index in [9.17, 15) is 9.59 Å². The van der Waals surface area contributed by atoms with Crippen LogP contribution in [0.25, 0.3) is 16.7 Å². The molecule has 0 saturated heterocycles. The lowest BCUT2D eigenvalue weighted by Crippen LogP contribution is -2.27. The monoisotopic (exact) mass is 365 g/mol. The minimum Gasteiger partial charge on any atom is -0.349 e. The normalized spacial score (nSPS) is 15.1. The molecule has 0 unspecified atom stereocenters. The Bertz CT molecular complexity index is 987. The lowest BCUT2D eigenvalue weighted by atomic mass is 9.87. The third-order valence-electron chi connectivity index (χ3n) is 5.14. The number of nitrogens with zero attached hydrogens (tertiary/aromatic N) is 3. The van der Waals surface area contributed by atoms with E-state index in [2.05, 4.69) is 20.4 Å². The van der Waals surface area contributed by atoms with E-state index in [4.69, 9.17) is 0 Å². The summed E-state index contributed by atoms with van der Waals surface area (Å²) in [5, 5.41) is 7.60. The van der Waals surface area contributed by atoms with Gasteiger partial charge in [0.2, 0.25) is 5.91 Å². The maximum Gasteiger partial charge on any atom is 0.262 e. The topological polar surface area (TPSA) is 92.7 Å². The standard InChI is InChI=1S/C20H23N5O2/c26-18(11-14-7-3-1-4-8-14)21-13-17-23-19-16(20(27)24-17)12-22-25(19)15-9-5-2-6-10-15/h2,5-6,9-10,12,14H,1,3-4,7-8,11,13H2,(H,21,26)(H,23,24,27). The molecule has 7 nitrogen and oxygen atoms in total. The van der Waals surface area contributed by atoms with Gasteiger partial charge in [0.15, 0.2) is 5.65 Å². The molecule has 1 saturated carbocycles. The van der Waals surface area contributed by atoms with Crippen molar-refractivity contribution in [2.24, 2.45) is 5.92 Å². The van der Waals surface area contributed by atoms with E-state index in [0.29, 0.717) is 29.2 Å². The number of hydrogen-bond acceptors (Lipinski definition) is 4. The quantitative estimate of drug-likeness (QED) is 0.727. The summed E-state index contributed by atoms with van der Waals surface area (Å²) in [6.07, 6.45) is 8.03. The van der Waals surface area contributed by atoms with Crippen LogP contribution in [0, 0.1) is 5.92 Å². The predicted molar refractivity (Wildman–Crippen MR) is 103 cm³/mol. The highest BCUT2D eigenvalue weighted by Crippen LogP contribution is 2.26. The molecule has 4 rings (SSSR count). The molecule has 0 atom stereocenters. The fraction of sp³-hybridized carbons (Fsp3) is 0.400. The van der Waals surface area contributed by atoms with Crippen molar-refractivity contribution < 1.29 is 4.79 Å². The van der Waals surface area contributed by atoms with Gasteiger partial charge in [0.1, 0.15) is 11.2 Å². The molecule has 1 aromatic carbocycles. The van der Waals surface area contributed by atoms with Crippen LogP contribution in [-0.2, 0) is 11.3 Å². The van der Waals surface area contributed by atoms with Gasteiger partial charge in [0.05, 0.1) is 18.4 Å². The van der Waals surface area contributed by atoms with Crippen LogP contribution in [0.5, 0.6) is 0 Å². The van der Waals surface area contributed by atoms with Crippen molar-refractivity contribution >= 4 is 16.9 Å². The SMILES string of the molecule is O=C(CC1CCCCC1)NCc1nc2c(cnn2-c2ccccc2)c(=O)[nH]1. The summed E-state index contributed by atoms with van der Waals surface area (Å²) >= 11 is 0. The summed E-state index contributed by atoms with van der Waals surface area (Å²) < 4.78 is 1.64. The van der Waals surface area contributed by atoms with E-state index in [-0.39, 0.29) is 18.0 Å². The molecule has 2 aromatic heterocycles. The van der Waals surface area contributed by atoms with Gasteiger partial charge in [0, 0.05) is 6.42 Å². The zero-order valence-corrected chi connectivity index (χ0v) is 15.1. The Hall–Kier alpha value is -2.96. The van der Waals surface area contributed by atoms with Crippen molar-refractivity contribution in [3.8, 4) is 5.69 Å². The number of benzene rings is 1. The summed E-state index contributed by atoms with van der Waals surface area (Å²) in [4.78, 5) is 31.8. The smallest absolute Gasteiger partial charge is 0.262 e. The predicted octanol–water partition coefficient (Wildman–Crippen LogP) is 2.70. The Labute approximate surface area is 156 Å². The van der Waals surface area contributed by atoms with Crippen molar-refractivity contribution in [3.63, 3.8) is 0 Å². The molecule has 2 heterocycles. The molecule has 0 spiro atoms. The minimum atomic E-state index is -0.251. The van der Waals surface area contributed by atoms with Crippen LogP contribution >= 0.6 is 0 Å². The van der Waals surface area contributed by atoms with Gasteiger partial charge in [-0.25, -0.2) is 9.67 Å². The van der Waals surface area contributed by atoms with E-state index in [1.165, 1.54) is 25.5 Å². The first kappa shape index (κ1) is 17.5. The Morgan fingerprint density at radius 3 is 2.74 bits per heavy atom. The second-order valence-electron chi connectivity index (χ2n) is 7.13. The van der Waals surface area contributed by atoms with Gasteiger partial charge < -0.3 is 10.3 Å². The fourth-order valence-corrected chi connectivity index (χ4v) is 3.71. The van der Waals surface area contributed by atoms with Crippen molar-refractivity contribution in [3.05, 3.63) is 52.7 Å². The Balaban J connectivity index is 1.50. The van der Waals surface area contributed by atoms with Crippen LogP contribution in [0.2, 0.25) is 0 Å². The number of nitrogens with one attached hydrogen (secondary N) is 2. The van der Waals surface area contributed by atoms with E-state index >= 15 is 0 Å². The van der Waals surface area contributed by atoms with Crippen LogP contribution < -0.4 is 10.9 Å². The van der Waals surface area contributed by atoms with Crippen LogP contribution in [0.15, 0.2) is 41.3 Å². The molecule has 0 bridgehead atoms. The summed E-state index contributed by atoms with van der Waals surface area (Å²) in [5.41, 5.74) is 1.07. The molecule has 1 aliphatic carbocycles. The molecule has 2 N–H and O–H groups in total. The van der Waals surface area contributed by atoms with Crippen molar-refractivity contribution in [2.45, 2.75) is 45.1 Å². The van der Waals surface area contributed by atoms with E-state index in [1.54, 1.807) is 4.68 Å². The third-order valence-corrected chi connectivity index (χ3v) is 5.14. The molecular weight excluding hydrogens is 342 g/mol. The molecule has 140 valence electrons. The molecular formula is C20H23N5O2. The molecule has 0 radical (unpaired) electrons. The second kappa shape index (κ2) is 7.73. The highest BCUT2D eigenvalue weighted by Gasteiger charge is 2.17. The fourth-order valence-electron chi connectivity index (χ4n) is 3.71. The van der Waals surface area contributed by atoms with Gasteiger partial charge in [-0.1, -0.05) is 37.5 Å². The van der Waals surface area contributed by atoms with Gasteiger partial charge >= 0.3 is 0 Å². The number of rotatable bonds is 5. The number of para-hydroxylation sites is 1. The minimum absolute atomic E-state index is 0.0150. The van der Waals surface area contributed by atoms with Crippen molar-refractivity contribution in [1.29, 1.82) is 0 Å². The summed E-state index contributed by atoms with van der Waals surface area (Å²) in [6, 6.07) is 9.54. The molecule has 1 amide bonds. The first-order valence-electron chi connectivity index (χ1n) is 9.50. The molecule has 3 aromatic rings. The number of hydrogen-bond donors (Lipinski definition) is 2. The van der Waals surface area contributed by atoms with Crippen LogP contribution in [0.3, 0.4) is 0 Å². The number of fused-ring (bicyclic) bond motifs is 1.